The van der Waals surface area contributed by atoms with Crippen LogP contribution >= 0.6 is 11.8 Å². The van der Waals surface area contributed by atoms with Gasteiger partial charge in [-0.3, -0.25) is 9.59 Å². The van der Waals surface area contributed by atoms with Crippen molar-refractivity contribution in [1.29, 1.82) is 0 Å². The molecule has 32 heavy (non-hydrogen) atoms. The van der Waals surface area contributed by atoms with Gasteiger partial charge in [-0.1, -0.05) is 61.7 Å². The average molecular weight is 454 g/mol. The molecule has 1 atom stereocenters. The van der Waals surface area contributed by atoms with Gasteiger partial charge in [0.1, 0.15) is 0 Å². The lowest BCUT2D eigenvalue weighted by molar-refractivity contribution is -0.129. The van der Waals surface area contributed by atoms with Gasteiger partial charge in [0.15, 0.2) is 0 Å². The third-order valence-corrected chi connectivity index (χ3v) is 7.32. The SMILES string of the molecule is CN(C)C(CNC(=O)c1ccccc1SCC(=O)N(C)C1CCCCC1)c1ccccc1. The minimum atomic E-state index is -0.107. The molecule has 172 valence electrons. The molecule has 1 unspecified atom stereocenters. The molecule has 1 aliphatic rings. The maximum absolute atomic E-state index is 13.0. The van der Waals surface area contributed by atoms with E-state index in [1.807, 2.05) is 68.5 Å². The predicted molar refractivity (Wildman–Crippen MR) is 132 cm³/mol. The number of hydrogen-bond acceptors (Lipinski definition) is 4. The lowest BCUT2D eigenvalue weighted by Crippen LogP contribution is -2.39. The van der Waals surface area contributed by atoms with Gasteiger partial charge in [0, 0.05) is 24.5 Å². The zero-order valence-electron chi connectivity index (χ0n) is 19.4. The first-order valence-electron chi connectivity index (χ1n) is 11.4. The van der Waals surface area contributed by atoms with Crippen molar-refractivity contribution in [3.8, 4) is 0 Å². The fraction of sp³-hybridized carbons (Fsp3) is 0.462. The van der Waals surface area contributed by atoms with Crippen LogP contribution in [0.4, 0.5) is 0 Å². The Morgan fingerprint density at radius 2 is 1.62 bits per heavy atom. The molecule has 1 fully saturated rings. The number of hydrogen-bond donors (Lipinski definition) is 1. The largest absolute Gasteiger partial charge is 0.350 e. The number of carbonyl (C=O) groups is 2. The normalized spacial score (nSPS) is 15.4. The van der Waals surface area contributed by atoms with Gasteiger partial charge in [-0.05, 0) is 44.6 Å². The molecule has 0 aromatic heterocycles. The highest BCUT2D eigenvalue weighted by Crippen LogP contribution is 2.26. The van der Waals surface area contributed by atoms with Crippen LogP contribution in [0, 0.1) is 0 Å². The number of thioether (sulfide) groups is 1. The van der Waals surface area contributed by atoms with Crippen molar-refractivity contribution in [2.75, 3.05) is 33.4 Å². The molecular formula is C26H35N3O2S. The highest BCUT2D eigenvalue weighted by atomic mass is 32.2. The van der Waals surface area contributed by atoms with Gasteiger partial charge in [-0.15, -0.1) is 11.8 Å². The maximum atomic E-state index is 13.0. The summed E-state index contributed by atoms with van der Waals surface area (Å²) in [4.78, 5) is 30.6. The van der Waals surface area contributed by atoms with E-state index in [2.05, 4.69) is 22.3 Å². The first-order chi connectivity index (χ1) is 15.5. The Balaban J connectivity index is 1.60. The van der Waals surface area contributed by atoms with Crippen LogP contribution in [0.5, 0.6) is 0 Å². The second-order valence-electron chi connectivity index (χ2n) is 8.68. The Kier molecular flexibility index (Phi) is 9.18. The molecule has 3 rings (SSSR count). The molecule has 0 spiro atoms. The summed E-state index contributed by atoms with van der Waals surface area (Å²) in [5, 5.41) is 3.09. The summed E-state index contributed by atoms with van der Waals surface area (Å²) in [6, 6.07) is 18.2. The first kappa shape index (κ1) is 24.3. The Morgan fingerprint density at radius 1 is 0.969 bits per heavy atom. The summed E-state index contributed by atoms with van der Waals surface area (Å²) < 4.78 is 0. The van der Waals surface area contributed by atoms with Gasteiger partial charge >= 0.3 is 0 Å². The van der Waals surface area contributed by atoms with E-state index in [1.165, 1.54) is 31.0 Å². The average Bonchev–Trinajstić information content (AvgIpc) is 2.83. The van der Waals surface area contributed by atoms with E-state index >= 15 is 0 Å². The van der Waals surface area contributed by atoms with E-state index in [0.29, 0.717) is 23.9 Å². The second kappa shape index (κ2) is 12.1. The zero-order valence-corrected chi connectivity index (χ0v) is 20.2. The molecule has 2 amide bonds. The summed E-state index contributed by atoms with van der Waals surface area (Å²) in [5.41, 5.74) is 1.79. The van der Waals surface area contributed by atoms with Gasteiger partial charge in [0.2, 0.25) is 5.91 Å². The topological polar surface area (TPSA) is 52.7 Å². The molecule has 0 heterocycles. The van der Waals surface area contributed by atoms with Crippen LogP contribution in [0.3, 0.4) is 0 Å². The van der Waals surface area contributed by atoms with Gasteiger partial charge in [0.25, 0.3) is 5.91 Å². The van der Waals surface area contributed by atoms with Crippen molar-refractivity contribution < 1.29 is 9.59 Å². The first-order valence-corrected chi connectivity index (χ1v) is 12.4. The van der Waals surface area contributed by atoms with Crippen LogP contribution in [0.2, 0.25) is 0 Å². The summed E-state index contributed by atoms with van der Waals surface area (Å²) in [6.07, 6.45) is 5.88. The van der Waals surface area contributed by atoms with Gasteiger partial charge in [-0.25, -0.2) is 0 Å². The maximum Gasteiger partial charge on any atom is 0.252 e. The predicted octanol–water partition coefficient (Wildman–Crippen LogP) is 4.60. The number of nitrogens with zero attached hydrogens (tertiary/aromatic N) is 2. The van der Waals surface area contributed by atoms with E-state index in [4.69, 9.17) is 0 Å². The van der Waals surface area contributed by atoms with Gasteiger partial charge in [0.05, 0.1) is 17.4 Å². The van der Waals surface area contributed by atoms with Crippen molar-refractivity contribution in [2.45, 2.75) is 49.1 Å². The van der Waals surface area contributed by atoms with E-state index in [9.17, 15) is 9.59 Å². The van der Waals surface area contributed by atoms with E-state index in [1.54, 1.807) is 0 Å². The molecular weight excluding hydrogens is 418 g/mol. The molecule has 1 aliphatic carbocycles. The van der Waals surface area contributed by atoms with Crippen LogP contribution in [-0.2, 0) is 4.79 Å². The summed E-state index contributed by atoms with van der Waals surface area (Å²) in [5.74, 6) is 0.375. The Morgan fingerprint density at radius 3 is 2.31 bits per heavy atom. The molecule has 1 N–H and O–H groups in total. The van der Waals surface area contributed by atoms with Crippen LogP contribution in [0.25, 0.3) is 0 Å². The standard InChI is InChI=1S/C26H35N3O2S/c1-28(2)23(20-12-6-4-7-13-20)18-27-26(31)22-16-10-11-17-24(22)32-19-25(30)29(3)21-14-8-5-9-15-21/h4,6-7,10-13,16-17,21,23H,5,8-9,14-15,18-19H2,1-3H3,(H,27,31). The van der Waals surface area contributed by atoms with Crippen molar-refractivity contribution in [1.82, 2.24) is 15.1 Å². The summed E-state index contributed by atoms with van der Waals surface area (Å²) in [7, 11) is 5.95. The van der Waals surface area contributed by atoms with E-state index in [-0.39, 0.29) is 17.9 Å². The molecule has 0 bridgehead atoms. The van der Waals surface area contributed by atoms with E-state index < -0.39 is 0 Å². The molecule has 0 aliphatic heterocycles. The Hall–Kier alpha value is -2.31. The van der Waals surface area contributed by atoms with Crippen molar-refractivity contribution in [3.63, 3.8) is 0 Å². The fourth-order valence-electron chi connectivity index (χ4n) is 4.25. The number of amides is 2. The van der Waals surface area contributed by atoms with Crippen LogP contribution in [-0.4, -0.2) is 61.1 Å². The van der Waals surface area contributed by atoms with Crippen molar-refractivity contribution in [2.24, 2.45) is 0 Å². The lowest BCUT2D eigenvalue weighted by Gasteiger charge is -2.31. The third-order valence-electron chi connectivity index (χ3n) is 6.26. The number of nitrogens with one attached hydrogen (secondary N) is 1. The lowest BCUT2D eigenvalue weighted by atomic mass is 9.94. The Bertz CT molecular complexity index is 882. The minimum Gasteiger partial charge on any atom is -0.350 e. The van der Waals surface area contributed by atoms with Gasteiger partial charge in [-0.2, -0.15) is 0 Å². The van der Waals surface area contributed by atoms with Gasteiger partial charge < -0.3 is 15.1 Å². The number of likely N-dealkylation sites (N-methyl/N-ethyl adjacent to an activating group) is 1. The minimum absolute atomic E-state index is 0.0886. The van der Waals surface area contributed by atoms with Crippen molar-refractivity contribution >= 4 is 23.6 Å². The highest BCUT2D eigenvalue weighted by molar-refractivity contribution is 8.00. The second-order valence-corrected chi connectivity index (χ2v) is 9.70. The quantitative estimate of drug-likeness (QED) is 0.564. The van der Waals surface area contributed by atoms with Crippen LogP contribution < -0.4 is 5.32 Å². The zero-order chi connectivity index (χ0) is 22.9. The molecule has 0 saturated heterocycles. The molecule has 5 nitrogen and oxygen atoms in total. The van der Waals surface area contributed by atoms with Crippen LogP contribution in [0.1, 0.15) is 54.1 Å². The highest BCUT2D eigenvalue weighted by Gasteiger charge is 2.23. The molecule has 6 heteroatoms. The molecule has 2 aromatic carbocycles. The number of rotatable bonds is 9. The van der Waals surface area contributed by atoms with Crippen molar-refractivity contribution in [3.05, 3.63) is 65.7 Å². The molecule has 0 radical (unpaired) electrons. The molecule has 1 saturated carbocycles. The summed E-state index contributed by atoms with van der Waals surface area (Å²) >= 11 is 1.45. The number of benzene rings is 2. The third kappa shape index (κ3) is 6.59. The van der Waals surface area contributed by atoms with E-state index in [0.717, 1.165) is 23.3 Å². The number of carbonyl (C=O) groups excluding carboxylic acids is 2. The Labute approximate surface area is 196 Å². The smallest absolute Gasteiger partial charge is 0.252 e. The fourth-order valence-corrected chi connectivity index (χ4v) is 5.23. The summed E-state index contributed by atoms with van der Waals surface area (Å²) in [6.45, 7) is 0.512. The van der Waals surface area contributed by atoms with Crippen LogP contribution in [0.15, 0.2) is 59.5 Å². The molecule has 2 aromatic rings. The monoisotopic (exact) mass is 453 g/mol.